The number of hydrogen-bond acceptors (Lipinski definition) is 3. The lowest BCUT2D eigenvalue weighted by atomic mass is 9.96. The van der Waals surface area contributed by atoms with Crippen LogP contribution in [0, 0.1) is 5.92 Å². The van der Waals surface area contributed by atoms with Crippen LogP contribution < -0.4 is 10.1 Å². The number of hydrogen-bond donors (Lipinski definition) is 1. The molecule has 1 aromatic rings. The minimum atomic E-state index is 0.232. The summed E-state index contributed by atoms with van der Waals surface area (Å²) >= 11 is 0. The molecule has 1 heterocycles. The maximum atomic E-state index is 5.71. The fourth-order valence-corrected chi connectivity index (χ4v) is 2.98. The Morgan fingerprint density at radius 3 is 2.33 bits per heavy atom. The van der Waals surface area contributed by atoms with Crippen LogP contribution in [0.15, 0.2) is 24.3 Å². The Hall–Kier alpha value is -1.06. The molecule has 0 amide bonds. The summed E-state index contributed by atoms with van der Waals surface area (Å²) in [6, 6.07) is 9.02. The highest BCUT2D eigenvalue weighted by molar-refractivity contribution is 5.29. The van der Waals surface area contributed by atoms with Gasteiger partial charge in [0.15, 0.2) is 0 Å². The normalized spacial score (nSPS) is 18.2. The van der Waals surface area contributed by atoms with E-state index in [-0.39, 0.29) is 6.10 Å². The molecule has 3 heteroatoms. The van der Waals surface area contributed by atoms with Crippen LogP contribution in [-0.2, 0) is 0 Å². The second kappa shape index (κ2) is 7.81. The molecule has 0 aliphatic carbocycles. The Bertz CT molecular complexity index is 410. The van der Waals surface area contributed by atoms with Crippen molar-refractivity contribution in [2.24, 2.45) is 5.92 Å². The molecule has 2 rings (SSSR count). The standard InChI is InChI=1S/C18H30N2O/c1-14(2)21-18-7-5-17(6-8-18)15(3)20(4)13-16-9-11-19-12-10-16/h5-8,14-16,19H,9-13H2,1-4H3. The zero-order valence-electron chi connectivity index (χ0n) is 13.9. The Balaban J connectivity index is 1.90. The minimum Gasteiger partial charge on any atom is -0.491 e. The van der Waals surface area contributed by atoms with Gasteiger partial charge in [0.2, 0.25) is 0 Å². The minimum absolute atomic E-state index is 0.232. The molecule has 1 saturated heterocycles. The van der Waals surface area contributed by atoms with Gasteiger partial charge in [-0.05, 0) is 77.4 Å². The zero-order chi connectivity index (χ0) is 15.2. The number of ether oxygens (including phenoxy) is 1. The van der Waals surface area contributed by atoms with E-state index in [1.807, 2.05) is 0 Å². The smallest absolute Gasteiger partial charge is 0.119 e. The highest BCUT2D eigenvalue weighted by Gasteiger charge is 2.18. The molecule has 1 unspecified atom stereocenters. The van der Waals surface area contributed by atoms with Crippen LogP contribution in [0.2, 0.25) is 0 Å². The summed E-state index contributed by atoms with van der Waals surface area (Å²) in [6.45, 7) is 9.95. The highest BCUT2D eigenvalue weighted by Crippen LogP contribution is 2.24. The molecule has 1 fully saturated rings. The Labute approximate surface area is 129 Å². The van der Waals surface area contributed by atoms with Crippen LogP contribution in [0.3, 0.4) is 0 Å². The first-order valence-corrected chi connectivity index (χ1v) is 8.24. The first-order valence-electron chi connectivity index (χ1n) is 8.24. The first kappa shape index (κ1) is 16.3. The summed E-state index contributed by atoms with van der Waals surface area (Å²) in [6.07, 6.45) is 2.84. The maximum absolute atomic E-state index is 5.71. The van der Waals surface area contributed by atoms with Gasteiger partial charge in [0.25, 0.3) is 0 Å². The predicted octanol–water partition coefficient (Wildman–Crippen LogP) is 3.47. The molecule has 1 N–H and O–H groups in total. The van der Waals surface area contributed by atoms with Crippen LogP contribution in [0.25, 0.3) is 0 Å². The van der Waals surface area contributed by atoms with E-state index in [1.165, 1.54) is 38.0 Å². The molecule has 21 heavy (non-hydrogen) atoms. The van der Waals surface area contributed by atoms with Crippen molar-refractivity contribution >= 4 is 0 Å². The van der Waals surface area contributed by atoms with E-state index in [9.17, 15) is 0 Å². The quantitative estimate of drug-likeness (QED) is 0.868. The zero-order valence-corrected chi connectivity index (χ0v) is 13.9. The van der Waals surface area contributed by atoms with Gasteiger partial charge in [-0.2, -0.15) is 0 Å². The van der Waals surface area contributed by atoms with Crippen molar-refractivity contribution in [2.75, 3.05) is 26.7 Å². The molecule has 3 nitrogen and oxygen atoms in total. The fourth-order valence-electron chi connectivity index (χ4n) is 2.98. The van der Waals surface area contributed by atoms with Gasteiger partial charge in [-0.1, -0.05) is 12.1 Å². The summed E-state index contributed by atoms with van der Waals surface area (Å²) < 4.78 is 5.71. The van der Waals surface area contributed by atoms with E-state index < -0.39 is 0 Å². The van der Waals surface area contributed by atoms with Crippen molar-refractivity contribution in [1.82, 2.24) is 10.2 Å². The largest absolute Gasteiger partial charge is 0.491 e. The molecular weight excluding hydrogens is 260 g/mol. The molecule has 1 aromatic carbocycles. The van der Waals surface area contributed by atoms with E-state index in [4.69, 9.17) is 4.74 Å². The van der Waals surface area contributed by atoms with Gasteiger partial charge in [-0.15, -0.1) is 0 Å². The molecule has 0 aromatic heterocycles. The van der Waals surface area contributed by atoms with E-state index >= 15 is 0 Å². The maximum Gasteiger partial charge on any atom is 0.119 e. The number of nitrogens with zero attached hydrogens (tertiary/aromatic N) is 1. The van der Waals surface area contributed by atoms with E-state index in [1.54, 1.807) is 0 Å². The summed E-state index contributed by atoms with van der Waals surface area (Å²) in [4.78, 5) is 2.48. The van der Waals surface area contributed by atoms with Crippen LogP contribution in [0.5, 0.6) is 5.75 Å². The number of nitrogens with one attached hydrogen (secondary N) is 1. The molecule has 0 bridgehead atoms. The summed E-state index contributed by atoms with van der Waals surface area (Å²) in [5, 5.41) is 3.44. The van der Waals surface area contributed by atoms with Gasteiger partial charge in [0, 0.05) is 12.6 Å². The second-order valence-corrected chi connectivity index (χ2v) is 6.54. The molecule has 0 spiro atoms. The van der Waals surface area contributed by atoms with Crippen molar-refractivity contribution < 1.29 is 4.74 Å². The van der Waals surface area contributed by atoms with Crippen molar-refractivity contribution in [1.29, 1.82) is 0 Å². The van der Waals surface area contributed by atoms with E-state index in [0.29, 0.717) is 6.04 Å². The summed E-state index contributed by atoms with van der Waals surface area (Å²) in [5.41, 5.74) is 1.36. The van der Waals surface area contributed by atoms with Crippen LogP contribution in [0.1, 0.15) is 45.2 Å². The third-order valence-corrected chi connectivity index (χ3v) is 4.40. The highest BCUT2D eigenvalue weighted by atomic mass is 16.5. The van der Waals surface area contributed by atoms with Crippen molar-refractivity contribution in [3.8, 4) is 5.75 Å². The number of rotatable bonds is 6. The van der Waals surface area contributed by atoms with Gasteiger partial charge >= 0.3 is 0 Å². The molecule has 118 valence electrons. The SMILES string of the molecule is CC(C)Oc1ccc(C(C)N(C)CC2CCNCC2)cc1. The van der Waals surface area contributed by atoms with Gasteiger partial charge in [0.1, 0.15) is 5.75 Å². The number of piperidine rings is 1. The van der Waals surface area contributed by atoms with Gasteiger partial charge < -0.3 is 10.1 Å². The topological polar surface area (TPSA) is 24.5 Å². The second-order valence-electron chi connectivity index (χ2n) is 6.54. The lowest BCUT2D eigenvalue weighted by molar-refractivity contribution is 0.196. The molecular formula is C18H30N2O. The average molecular weight is 290 g/mol. The van der Waals surface area contributed by atoms with E-state index in [0.717, 1.165) is 11.7 Å². The van der Waals surface area contributed by atoms with Gasteiger partial charge in [-0.3, -0.25) is 4.90 Å². The average Bonchev–Trinajstić information content (AvgIpc) is 2.47. The third kappa shape index (κ3) is 5.01. The lowest BCUT2D eigenvalue weighted by Gasteiger charge is -2.31. The first-order chi connectivity index (χ1) is 10.1. The van der Waals surface area contributed by atoms with E-state index in [2.05, 4.69) is 62.3 Å². The van der Waals surface area contributed by atoms with Crippen LogP contribution in [-0.4, -0.2) is 37.7 Å². The molecule has 1 aliphatic heterocycles. The molecule has 0 radical (unpaired) electrons. The van der Waals surface area contributed by atoms with Crippen molar-refractivity contribution in [3.05, 3.63) is 29.8 Å². The van der Waals surface area contributed by atoms with Gasteiger partial charge in [0.05, 0.1) is 6.10 Å². The fraction of sp³-hybridized carbons (Fsp3) is 0.667. The van der Waals surface area contributed by atoms with Crippen molar-refractivity contribution in [2.45, 2.75) is 45.8 Å². The Kier molecular flexibility index (Phi) is 6.07. The molecule has 0 saturated carbocycles. The summed E-state index contributed by atoms with van der Waals surface area (Å²) in [5.74, 6) is 1.80. The predicted molar refractivity (Wildman–Crippen MR) is 88.8 cm³/mol. The Morgan fingerprint density at radius 1 is 1.14 bits per heavy atom. The lowest BCUT2D eigenvalue weighted by Crippen LogP contribution is -2.35. The van der Waals surface area contributed by atoms with Crippen LogP contribution >= 0.6 is 0 Å². The van der Waals surface area contributed by atoms with Crippen molar-refractivity contribution in [3.63, 3.8) is 0 Å². The van der Waals surface area contributed by atoms with Crippen LogP contribution in [0.4, 0.5) is 0 Å². The summed E-state index contributed by atoms with van der Waals surface area (Å²) in [7, 11) is 2.24. The third-order valence-electron chi connectivity index (χ3n) is 4.40. The number of benzene rings is 1. The monoisotopic (exact) mass is 290 g/mol. The Morgan fingerprint density at radius 2 is 1.76 bits per heavy atom. The molecule has 1 atom stereocenters. The molecule has 1 aliphatic rings. The van der Waals surface area contributed by atoms with Gasteiger partial charge in [-0.25, -0.2) is 0 Å².